The Morgan fingerprint density at radius 1 is 0.935 bits per heavy atom. The summed E-state index contributed by atoms with van der Waals surface area (Å²) in [4.78, 5) is 49.3. The number of rotatable bonds is 3. The average molecular weight is 425 g/mol. The number of imide groups is 2. The van der Waals surface area contributed by atoms with Crippen molar-refractivity contribution in [3.8, 4) is 23.0 Å². The fourth-order valence-electron chi connectivity index (χ4n) is 3.29. The number of ether oxygens (including phenoxy) is 4. The molecule has 3 heterocycles. The summed E-state index contributed by atoms with van der Waals surface area (Å²) in [7, 11) is 0. The van der Waals surface area contributed by atoms with Crippen LogP contribution in [0.15, 0.2) is 35.9 Å². The zero-order valence-corrected chi connectivity index (χ0v) is 15.4. The zero-order valence-electron chi connectivity index (χ0n) is 15.4. The number of carbonyl (C=O) groups excluding carboxylic acids is 3. The quantitative estimate of drug-likeness (QED) is 0.336. The van der Waals surface area contributed by atoms with E-state index in [1.54, 1.807) is 0 Å². The number of fused-ring (bicyclic) bond motifs is 2. The Labute approximate surface area is 172 Å². The van der Waals surface area contributed by atoms with E-state index in [0.717, 1.165) is 17.0 Å². The van der Waals surface area contributed by atoms with Gasteiger partial charge in [-0.25, -0.2) is 9.69 Å². The Morgan fingerprint density at radius 2 is 1.58 bits per heavy atom. The standard InChI is InChI=1S/C19H11N3O9/c23-17-11(3-9-4-14-16(31-8-29-14)6-12(9)22(26)27)18(24)21(19(25)20-17)10-1-2-13-15(5-10)30-7-28-13/h1-6H,7-8H2,(H,20,23,25)/b11-3-. The first-order valence-electron chi connectivity index (χ1n) is 8.81. The number of hydrogen-bond acceptors (Lipinski definition) is 9. The highest BCUT2D eigenvalue weighted by atomic mass is 16.7. The molecule has 1 N–H and O–H groups in total. The van der Waals surface area contributed by atoms with Gasteiger partial charge in [0, 0.05) is 6.07 Å². The topological polar surface area (TPSA) is 147 Å². The van der Waals surface area contributed by atoms with Crippen LogP contribution in [0.5, 0.6) is 23.0 Å². The summed E-state index contributed by atoms with van der Waals surface area (Å²) in [6.07, 6.45) is 1.03. The molecule has 12 nitrogen and oxygen atoms in total. The van der Waals surface area contributed by atoms with Crippen molar-refractivity contribution in [2.24, 2.45) is 0 Å². The lowest BCUT2D eigenvalue weighted by Crippen LogP contribution is -2.54. The molecule has 0 spiro atoms. The fraction of sp³-hybridized carbons (Fsp3) is 0.105. The predicted octanol–water partition coefficient (Wildman–Crippen LogP) is 1.72. The second-order valence-electron chi connectivity index (χ2n) is 6.52. The van der Waals surface area contributed by atoms with Crippen LogP contribution in [0.4, 0.5) is 16.2 Å². The molecular weight excluding hydrogens is 414 g/mol. The normalized spacial score (nSPS) is 17.9. The van der Waals surface area contributed by atoms with Gasteiger partial charge >= 0.3 is 6.03 Å². The molecule has 1 saturated heterocycles. The number of benzene rings is 2. The SMILES string of the molecule is O=C1NC(=O)N(c2ccc3c(c2)OCO3)C(=O)/C1=C\c1cc2c(cc1[N+](=O)[O-])OCO2. The molecule has 3 aliphatic heterocycles. The van der Waals surface area contributed by atoms with Gasteiger partial charge in [-0.05, 0) is 24.3 Å². The van der Waals surface area contributed by atoms with Crippen LogP contribution in [0.1, 0.15) is 5.56 Å². The van der Waals surface area contributed by atoms with E-state index in [2.05, 4.69) is 5.32 Å². The van der Waals surface area contributed by atoms with Crippen molar-refractivity contribution in [1.82, 2.24) is 5.32 Å². The van der Waals surface area contributed by atoms with Crippen LogP contribution in [0.25, 0.3) is 6.08 Å². The van der Waals surface area contributed by atoms with Crippen molar-refractivity contribution in [2.45, 2.75) is 0 Å². The van der Waals surface area contributed by atoms with Crippen molar-refractivity contribution in [3.63, 3.8) is 0 Å². The van der Waals surface area contributed by atoms with Crippen LogP contribution in [0, 0.1) is 10.1 Å². The first-order chi connectivity index (χ1) is 14.9. The Morgan fingerprint density at radius 3 is 2.29 bits per heavy atom. The molecule has 0 aliphatic carbocycles. The first kappa shape index (κ1) is 18.4. The molecular formula is C19H11N3O9. The third kappa shape index (κ3) is 2.97. The van der Waals surface area contributed by atoms with E-state index in [-0.39, 0.29) is 36.3 Å². The van der Waals surface area contributed by atoms with E-state index in [1.807, 2.05) is 0 Å². The van der Waals surface area contributed by atoms with Crippen LogP contribution in [0.2, 0.25) is 0 Å². The number of barbiturate groups is 1. The lowest BCUT2D eigenvalue weighted by molar-refractivity contribution is -0.385. The summed E-state index contributed by atoms with van der Waals surface area (Å²) < 4.78 is 20.8. The number of anilines is 1. The maximum absolute atomic E-state index is 13.0. The van der Waals surface area contributed by atoms with Gasteiger partial charge in [0.1, 0.15) is 5.57 Å². The molecule has 3 aliphatic rings. The lowest BCUT2D eigenvalue weighted by atomic mass is 10.0. The molecule has 0 unspecified atom stereocenters. The fourth-order valence-corrected chi connectivity index (χ4v) is 3.29. The molecule has 2 aromatic carbocycles. The Bertz CT molecular complexity index is 1220. The predicted molar refractivity (Wildman–Crippen MR) is 101 cm³/mol. The molecule has 31 heavy (non-hydrogen) atoms. The number of nitrogens with one attached hydrogen (secondary N) is 1. The number of amides is 4. The molecule has 5 rings (SSSR count). The summed E-state index contributed by atoms with van der Waals surface area (Å²) in [6, 6.07) is 5.83. The van der Waals surface area contributed by atoms with Crippen molar-refractivity contribution < 1.29 is 38.3 Å². The molecule has 12 heteroatoms. The maximum Gasteiger partial charge on any atom is 0.335 e. The number of nitro benzene ring substituents is 1. The molecule has 1 fully saturated rings. The average Bonchev–Trinajstić information content (AvgIpc) is 3.38. The highest BCUT2D eigenvalue weighted by Crippen LogP contribution is 2.40. The molecule has 0 saturated carbocycles. The van der Waals surface area contributed by atoms with Gasteiger partial charge in [-0.15, -0.1) is 0 Å². The van der Waals surface area contributed by atoms with Gasteiger partial charge < -0.3 is 18.9 Å². The van der Waals surface area contributed by atoms with Crippen LogP contribution in [-0.2, 0) is 9.59 Å². The smallest absolute Gasteiger partial charge is 0.335 e. The van der Waals surface area contributed by atoms with Crippen molar-refractivity contribution in [1.29, 1.82) is 0 Å². The van der Waals surface area contributed by atoms with Gasteiger partial charge in [0.2, 0.25) is 13.6 Å². The Hall–Kier alpha value is -4.61. The van der Waals surface area contributed by atoms with E-state index >= 15 is 0 Å². The third-order valence-corrected chi connectivity index (χ3v) is 4.73. The maximum atomic E-state index is 13.0. The van der Waals surface area contributed by atoms with Crippen molar-refractivity contribution >= 4 is 35.3 Å². The third-order valence-electron chi connectivity index (χ3n) is 4.73. The van der Waals surface area contributed by atoms with Gasteiger partial charge in [0.15, 0.2) is 23.0 Å². The molecule has 0 aromatic heterocycles. The lowest BCUT2D eigenvalue weighted by Gasteiger charge is -2.26. The second kappa shape index (κ2) is 6.73. The molecule has 4 amide bonds. The minimum atomic E-state index is -0.987. The number of urea groups is 1. The van der Waals surface area contributed by atoms with Crippen LogP contribution in [-0.4, -0.2) is 36.4 Å². The van der Waals surface area contributed by atoms with E-state index < -0.39 is 34.0 Å². The first-order valence-corrected chi connectivity index (χ1v) is 8.81. The number of hydrogen-bond donors (Lipinski definition) is 1. The van der Waals surface area contributed by atoms with Crippen LogP contribution >= 0.6 is 0 Å². The van der Waals surface area contributed by atoms with E-state index in [0.29, 0.717) is 11.5 Å². The summed E-state index contributed by atoms with van der Waals surface area (Å²) in [5, 5.41) is 13.5. The molecule has 0 bridgehead atoms. The molecule has 0 radical (unpaired) electrons. The number of nitro groups is 1. The van der Waals surface area contributed by atoms with Gasteiger partial charge in [-0.1, -0.05) is 0 Å². The Balaban J connectivity index is 1.57. The molecule has 2 aromatic rings. The minimum absolute atomic E-state index is 0.00362. The van der Waals surface area contributed by atoms with Crippen LogP contribution < -0.4 is 29.2 Å². The summed E-state index contributed by atoms with van der Waals surface area (Å²) >= 11 is 0. The second-order valence-corrected chi connectivity index (χ2v) is 6.52. The van der Waals surface area contributed by atoms with Gasteiger partial charge in [-0.3, -0.25) is 25.0 Å². The monoisotopic (exact) mass is 425 g/mol. The summed E-state index contributed by atoms with van der Waals surface area (Å²) in [5.41, 5.74) is -0.804. The highest BCUT2D eigenvalue weighted by molar-refractivity contribution is 6.39. The highest BCUT2D eigenvalue weighted by Gasteiger charge is 2.38. The largest absolute Gasteiger partial charge is 0.454 e. The Kier molecular flexibility index (Phi) is 4.00. The van der Waals surface area contributed by atoms with E-state index in [1.165, 1.54) is 24.3 Å². The van der Waals surface area contributed by atoms with Gasteiger partial charge in [0.05, 0.1) is 22.2 Å². The molecule has 156 valence electrons. The van der Waals surface area contributed by atoms with Crippen molar-refractivity contribution in [3.05, 3.63) is 51.6 Å². The number of carbonyl (C=O) groups is 3. The zero-order chi connectivity index (χ0) is 21.7. The minimum Gasteiger partial charge on any atom is -0.454 e. The van der Waals surface area contributed by atoms with Crippen molar-refractivity contribution in [2.75, 3.05) is 18.5 Å². The van der Waals surface area contributed by atoms with E-state index in [4.69, 9.17) is 18.9 Å². The van der Waals surface area contributed by atoms with Crippen LogP contribution in [0.3, 0.4) is 0 Å². The van der Waals surface area contributed by atoms with Gasteiger partial charge in [-0.2, -0.15) is 0 Å². The number of nitrogens with zero attached hydrogens (tertiary/aromatic N) is 2. The molecule has 0 atom stereocenters. The summed E-state index contributed by atoms with van der Waals surface area (Å²) in [6.45, 7) is -0.116. The van der Waals surface area contributed by atoms with E-state index in [9.17, 15) is 24.5 Å². The van der Waals surface area contributed by atoms with Gasteiger partial charge in [0.25, 0.3) is 17.5 Å². The summed E-state index contributed by atoms with van der Waals surface area (Å²) in [5.74, 6) is -0.780.